The van der Waals surface area contributed by atoms with Crippen LogP contribution in [0, 0.1) is 0 Å². The summed E-state index contributed by atoms with van der Waals surface area (Å²) in [7, 11) is 0. The van der Waals surface area contributed by atoms with Gasteiger partial charge in [0.05, 0.1) is 5.56 Å². The van der Waals surface area contributed by atoms with Crippen LogP contribution in [0.3, 0.4) is 0 Å². The van der Waals surface area contributed by atoms with Crippen molar-refractivity contribution in [3.05, 3.63) is 83.6 Å². The van der Waals surface area contributed by atoms with E-state index in [0.29, 0.717) is 5.56 Å². The molecule has 0 bridgehead atoms. The number of rotatable bonds is 5. The topological polar surface area (TPSA) is 97.6 Å². The maximum atomic E-state index is 12.8. The van der Waals surface area contributed by atoms with E-state index in [2.05, 4.69) is 10.9 Å². The van der Waals surface area contributed by atoms with Gasteiger partial charge in [-0.3, -0.25) is 20.4 Å². The molecule has 0 radical (unpaired) electrons. The number of halogens is 3. The molecule has 3 rings (SSSR count). The Labute approximate surface area is 173 Å². The second-order valence-electron chi connectivity index (χ2n) is 6.19. The summed E-state index contributed by atoms with van der Waals surface area (Å²) >= 11 is 0. The van der Waals surface area contributed by atoms with Crippen LogP contribution in [0.5, 0.6) is 0 Å². The van der Waals surface area contributed by atoms with Crippen LogP contribution in [0.2, 0.25) is 0 Å². The van der Waals surface area contributed by atoms with Crippen molar-refractivity contribution >= 4 is 17.8 Å². The minimum absolute atomic E-state index is 0.0256. The van der Waals surface area contributed by atoms with E-state index in [1.54, 1.807) is 30.3 Å². The highest BCUT2D eigenvalue weighted by Crippen LogP contribution is 2.32. The molecular formula is C21H15F3N2O5. The standard InChI is InChI=1S/C21H15F3N2O5/c22-21(23,24)15-8-4-7-14(11-15)16-9-10-17(31-16)20(29)30-12-18(27)25-26-19(28)13-5-2-1-3-6-13/h1-11H,12H2,(H,25,27)(H,26,28). The smallest absolute Gasteiger partial charge is 0.416 e. The van der Waals surface area contributed by atoms with Crippen LogP contribution in [-0.4, -0.2) is 24.4 Å². The van der Waals surface area contributed by atoms with Crippen molar-refractivity contribution in [1.82, 2.24) is 10.9 Å². The zero-order valence-electron chi connectivity index (χ0n) is 15.7. The Morgan fingerprint density at radius 1 is 0.903 bits per heavy atom. The predicted octanol–water partition coefficient (Wildman–Crippen LogP) is 3.58. The van der Waals surface area contributed by atoms with Gasteiger partial charge in [0.15, 0.2) is 6.61 Å². The van der Waals surface area contributed by atoms with Crippen LogP contribution in [0.25, 0.3) is 11.3 Å². The van der Waals surface area contributed by atoms with Gasteiger partial charge in [0.2, 0.25) is 5.76 Å². The number of alkyl halides is 3. The molecule has 0 aliphatic rings. The van der Waals surface area contributed by atoms with E-state index in [4.69, 9.17) is 9.15 Å². The van der Waals surface area contributed by atoms with Gasteiger partial charge in [-0.1, -0.05) is 30.3 Å². The van der Waals surface area contributed by atoms with Crippen LogP contribution in [0.1, 0.15) is 26.5 Å². The van der Waals surface area contributed by atoms with Crippen molar-refractivity contribution in [2.24, 2.45) is 0 Å². The highest BCUT2D eigenvalue weighted by Gasteiger charge is 2.30. The number of benzene rings is 2. The summed E-state index contributed by atoms with van der Waals surface area (Å²) in [6.07, 6.45) is -4.52. The molecule has 7 nitrogen and oxygen atoms in total. The number of amides is 2. The second-order valence-corrected chi connectivity index (χ2v) is 6.19. The van der Waals surface area contributed by atoms with Crippen molar-refractivity contribution in [1.29, 1.82) is 0 Å². The number of carbonyl (C=O) groups is 3. The molecule has 0 atom stereocenters. The van der Waals surface area contributed by atoms with Gasteiger partial charge in [-0.25, -0.2) is 4.79 Å². The molecule has 31 heavy (non-hydrogen) atoms. The van der Waals surface area contributed by atoms with Crippen LogP contribution in [0.15, 0.2) is 71.1 Å². The molecule has 1 aromatic heterocycles. The fourth-order valence-corrected chi connectivity index (χ4v) is 2.48. The predicted molar refractivity (Wildman–Crippen MR) is 101 cm³/mol. The zero-order chi connectivity index (χ0) is 22.4. The van der Waals surface area contributed by atoms with Gasteiger partial charge in [-0.05, 0) is 36.4 Å². The first-order chi connectivity index (χ1) is 14.7. The quantitative estimate of drug-likeness (QED) is 0.475. The third kappa shape index (κ3) is 5.72. The van der Waals surface area contributed by atoms with Gasteiger partial charge in [-0.2, -0.15) is 13.2 Å². The Bertz CT molecular complexity index is 1090. The van der Waals surface area contributed by atoms with Crippen molar-refractivity contribution < 1.29 is 36.7 Å². The Morgan fingerprint density at radius 2 is 1.65 bits per heavy atom. The summed E-state index contributed by atoms with van der Waals surface area (Å²) in [5.41, 5.74) is 3.82. The Morgan fingerprint density at radius 3 is 2.35 bits per heavy atom. The molecule has 160 valence electrons. The summed E-state index contributed by atoms with van der Waals surface area (Å²) in [4.78, 5) is 35.6. The lowest BCUT2D eigenvalue weighted by atomic mass is 10.1. The second kappa shape index (κ2) is 9.16. The molecule has 2 N–H and O–H groups in total. The lowest BCUT2D eigenvalue weighted by Gasteiger charge is -2.08. The Hall–Kier alpha value is -4.08. The van der Waals surface area contributed by atoms with Crippen molar-refractivity contribution in [3.8, 4) is 11.3 Å². The summed E-state index contributed by atoms with van der Waals surface area (Å²) in [5, 5.41) is 0. The van der Waals surface area contributed by atoms with Crippen LogP contribution in [0.4, 0.5) is 13.2 Å². The van der Waals surface area contributed by atoms with E-state index in [-0.39, 0.29) is 17.1 Å². The van der Waals surface area contributed by atoms with Crippen molar-refractivity contribution in [2.75, 3.05) is 6.61 Å². The number of furan rings is 1. The highest BCUT2D eigenvalue weighted by molar-refractivity contribution is 5.95. The monoisotopic (exact) mass is 432 g/mol. The van der Waals surface area contributed by atoms with E-state index < -0.39 is 36.1 Å². The minimum atomic E-state index is -4.52. The summed E-state index contributed by atoms with van der Waals surface area (Å²) in [6, 6.07) is 15.0. The fraction of sp³-hybridized carbons (Fsp3) is 0.0952. The molecule has 2 aromatic carbocycles. The first-order valence-corrected chi connectivity index (χ1v) is 8.83. The number of ether oxygens (including phenoxy) is 1. The Balaban J connectivity index is 1.53. The number of carbonyl (C=O) groups excluding carboxylic acids is 3. The van der Waals surface area contributed by atoms with Crippen LogP contribution in [-0.2, 0) is 15.7 Å². The zero-order valence-corrected chi connectivity index (χ0v) is 15.7. The number of nitrogens with one attached hydrogen (secondary N) is 2. The molecule has 0 saturated heterocycles. The summed E-state index contributed by atoms with van der Waals surface area (Å²) < 4.78 is 48.5. The molecular weight excluding hydrogens is 417 g/mol. The van der Waals surface area contributed by atoms with Crippen LogP contribution < -0.4 is 10.9 Å². The van der Waals surface area contributed by atoms with E-state index in [1.807, 2.05) is 0 Å². The van der Waals surface area contributed by atoms with Gasteiger partial charge in [0.25, 0.3) is 11.8 Å². The summed E-state index contributed by atoms with van der Waals surface area (Å²) in [5.74, 6) is -2.63. The van der Waals surface area contributed by atoms with E-state index in [0.717, 1.165) is 12.1 Å². The molecule has 0 spiro atoms. The maximum Gasteiger partial charge on any atom is 0.416 e. The molecule has 3 aromatic rings. The SMILES string of the molecule is O=C(COC(=O)c1ccc(-c2cccc(C(F)(F)F)c2)o1)NNC(=O)c1ccccc1. The van der Waals surface area contributed by atoms with Gasteiger partial charge >= 0.3 is 12.1 Å². The summed E-state index contributed by atoms with van der Waals surface area (Å²) in [6.45, 7) is -0.715. The molecule has 0 unspecified atom stereocenters. The minimum Gasteiger partial charge on any atom is -0.450 e. The molecule has 2 amide bonds. The van der Waals surface area contributed by atoms with Gasteiger partial charge in [-0.15, -0.1) is 0 Å². The van der Waals surface area contributed by atoms with E-state index in [1.165, 1.54) is 24.3 Å². The molecule has 0 aliphatic carbocycles. The number of esters is 1. The first kappa shape index (κ1) is 21.6. The molecule has 0 aliphatic heterocycles. The van der Waals surface area contributed by atoms with Crippen LogP contribution >= 0.6 is 0 Å². The average Bonchev–Trinajstić information content (AvgIpc) is 3.26. The van der Waals surface area contributed by atoms with Gasteiger partial charge in [0.1, 0.15) is 5.76 Å². The van der Waals surface area contributed by atoms with Crippen molar-refractivity contribution in [3.63, 3.8) is 0 Å². The third-order valence-corrected chi connectivity index (χ3v) is 3.97. The number of hydrogen-bond acceptors (Lipinski definition) is 5. The average molecular weight is 432 g/mol. The lowest BCUT2D eigenvalue weighted by molar-refractivity contribution is -0.137. The lowest BCUT2D eigenvalue weighted by Crippen LogP contribution is -2.43. The van der Waals surface area contributed by atoms with E-state index in [9.17, 15) is 27.6 Å². The molecule has 1 heterocycles. The number of hydrogen-bond donors (Lipinski definition) is 2. The fourth-order valence-electron chi connectivity index (χ4n) is 2.48. The first-order valence-electron chi connectivity index (χ1n) is 8.83. The molecule has 0 saturated carbocycles. The van der Waals surface area contributed by atoms with Crippen molar-refractivity contribution in [2.45, 2.75) is 6.18 Å². The largest absolute Gasteiger partial charge is 0.450 e. The Kier molecular flexibility index (Phi) is 6.39. The molecule has 0 fully saturated rings. The molecule has 10 heteroatoms. The normalized spacial score (nSPS) is 10.9. The van der Waals surface area contributed by atoms with E-state index >= 15 is 0 Å². The maximum absolute atomic E-state index is 12.8. The number of hydrazine groups is 1. The van der Waals surface area contributed by atoms with Gasteiger partial charge < -0.3 is 9.15 Å². The van der Waals surface area contributed by atoms with Gasteiger partial charge in [0, 0.05) is 11.1 Å². The third-order valence-electron chi connectivity index (χ3n) is 3.97. The highest BCUT2D eigenvalue weighted by atomic mass is 19.4.